The lowest BCUT2D eigenvalue weighted by Gasteiger charge is -2.10. The average molecular weight is 395 g/mol. The van der Waals surface area contributed by atoms with E-state index in [1.807, 2.05) is 30.3 Å². The monoisotopic (exact) mass is 395 g/mol. The van der Waals surface area contributed by atoms with Gasteiger partial charge in [0.15, 0.2) is 0 Å². The second kappa shape index (κ2) is 7.56. The van der Waals surface area contributed by atoms with Crippen LogP contribution in [0.5, 0.6) is 5.75 Å². The van der Waals surface area contributed by atoms with E-state index in [1.165, 1.54) is 12.1 Å². The Morgan fingerprint density at radius 2 is 1.74 bits per heavy atom. The molecule has 0 aliphatic heterocycles. The Bertz CT molecular complexity index is 1040. The van der Waals surface area contributed by atoms with Gasteiger partial charge < -0.3 is 4.18 Å². The van der Waals surface area contributed by atoms with Gasteiger partial charge in [0.05, 0.1) is 11.3 Å². The molecule has 0 amide bonds. The Kier molecular flexibility index (Phi) is 5.36. The first-order valence-electron chi connectivity index (χ1n) is 8.17. The van der Waals surface area contributed by atoms with Crippen LogP contribution >= 0.6 is 0 Å². The van der Waals surface area contributed by atoms with Crippen LogP contribution in [0.25, 0.3) is 22.0 Å². The Morgan fingerprint density at radius 1 is 1.00 bits per heavy atom. The first-order chi connectivity index (χ1) is 12.7. The molecule has 0 saturated carbocycles. The SMILES string of the molecule is O=S(=O)(CCCC(F)(F)F)Oc1cccc(-c2cccc3cccnc23)c1. The highest BCUT2D eigenvalue weighted by molar-refractivity contribution is 7.87. The topological polar surface area (TPSA) is 56.3 Å². The number of aromatic nitrogens is 1. The van der Waals surface area contributed by atoms with E-state index < -0.39 is 34.9 Å². The summed E-state index contributed by atoms with van der Waals surface area (Å²) in [5.74, 6) is -0.653. The van der Waals surface area contributed by atoms with E-state index in [2.05, 4.69) is 4.98 Å². The molecule has 1 heterocycles. The molecule has 0 unspecified atom stereocenters. The van der Waals surface area contributed by atoms with Gasteiger partial charge in [-0.2, -0.15) is 21.6 Å². The number of para-hydroxylation sites is 1. The summed E-state index contributed by atoms with van der Waals surface area (Å²) in [6.07, 6.45) is -4.44. The molecule has 1 aromatic heterocycles. The van der Waals surface area contributed by atoms with Crippen molar-refractivity contribution in [3.8, 4) is 16.9 Å². The Balaban J connectivity index is 1.81. The smallest absolute Gasteiger partial charge is 0.382 e. The predicted octanol–water partition coefficient (Wildman–Crippen LogP) is 4.95. The van der Waals surface area contributed by atoms with Crippen LogP contribution in [0.3, 0.4) is 0 Å². The summed E-state index contributed by atoms with van der Waals surface area (Å²) < 4.78 is 65.4. The van der Waals surface area contributed by atoms with Gasteiger partial charge in [-0.05, 0) is 30.2 Å². The largest absolute Gasteiger partial charge is 0.389 e. The Hall–Kier alpha value is -2.61. The molecule has 0 radical (unpaired) electrons. The second-order valence-corrected chi connectivity index (χ2v) is 7.66. The van der Waals surface area contributed by atoms with Crippen molar-refractivity contribution in [1.82, 2.24) is 4.98 Å². The normalized spacial score (nSPS) is 12.3. The summed E-state index contributed by atoms with van der Waals surface area (Å²) in [6, 6.07) is 15.7. The van der Waals surface area contributed by atoms with Crippen LogP contribution in [-0.2, 0) is 10.1 Å². The molecule has 4 nitrogen and oxygen atoms in total. The number of benzene rings is 2. The van der Waals surface area contributed by atoms with Crippen LogP contribution in [0.2, 0.25) is 0 Å². The first-order valence-corrected chi connectivity index (χ1v) is 9.74. The zero-order valence-electron chi connectivity index (χ0n) is 14.1. The Morgan fingerprint density at radius 3 is 2.52 bits per heavy atom. The molecular formula is C19H16F3NO3S. The van der Waals surface area contributed by atoms with E-state index in [4.69, 9.17) is 4.18 Å². The van der Waals surface area contributed by atoms with Crippen LogP contribution in [0.1, 0.15) is 12.8 Å². The van der Waals surface area contributed by atoms with E-state index >= 15 is 0 Å². The molecule has 0 N–H and O–H groups in total. The molecule has 0 aliphatic rings. The minimum atomic E-state index is -4.39. The molecule has 0 saturated heterocycles. The number of halogens is 3. The maximum atomic E-state index is 12.2. The third-order valence-corrected chi connectivity index (χ3v) is 5.09. The lowest BCUT2D eigenvalue weighted by atomic mass is 10.0. The van der Waals surface area contributed by atoms with Gasteiger partial charge in [0, 0.05) is 23.6 Å². The van der Waals surface area contributed by atoms with Crippen LogP contribution in [0.4, 0.5) is 13.2 Å². The summed E-state index contributed by atoms with van der Waals surface area (Å²) in [5.41, 5.74) is 2.25. The average Bonchev–Trinajstić information content (AvgIpc) is 2.59. The summed E-state index contributed by atoms with van der Waals surface area (Å²) in [7, 11) is -4.11. The molecule has 0 fully saturated rings. The van der Waals surface area contributed by atoms with Crippen molar-refractivity contribution in [3.05, 3.63) is 60.8 Å². The molecule has 27 heavy (non-hydrogen) atoms. The number of pyridine rings is 1. The maximum Gasteiger partial charge on any atom is 0.389 e. The quantitative estimate of drug-likeness (QED) is 0.554. The summed E-state index contributed by atoms with van der Waals surface area (Å²) in [6.45, 7) is 0. The summed E-state index contributed by atoms with van der Waals surface area (Å²) in [5, 5.41) is 0.932. The predicted molar refractivity (Wildman–Crippen MR) is 96.9 cm³/mol. The molecule has 3 aromatic rings. The van der Waals surface area contributed by atoms with Gasteiger partial charge in [0.1, 0.15) is 5.75 Å². The fraction of sp³-hybridized carbons (Fsp3) is 0.211. The number of hydrogen-bond donors (Lipinski definition) is 0. The highest BCUT2D eigenvalue weighted by Crippen LogP contribution is 2.30. The van der Waals surface area contributed by atoms with Crippen molar-refractivity contribution in [2.24, 2.45) is 0 Å². The minimum Gasteiger partial charge on any atom is -0.382 e. The molecule has 0 spiro atoms. The third-order valence-electron chi connectivity index (χ3n) is 3.86. The number of rotatable bonds is 6. The first kappa shape index (κ1) is 19.2. The highest BCUT2D eigenvalue weighted by atomic mass is 32.2. The third kappa shape index (κ3) is 5.19. The van der Waals surface area contributed by atoms with Gasteiger partial charge in [-0.3, -0.25) is 4.98 Å². The van der Waals surface area contributed by atoms with E-state index in [0.717, 1.165) is 16.5 Å². The van der Waals surface area contributed by atoms with E-state index in [9.17, 15) is 21.6 Å². The standard InChI is InChI=1S/C19H16F3NO3S/c20-19(21,22)10-4-12-27(24,25)26-16-8-1-6-15(13-16)17-9-2-5-14-7-3-11-23-18(14)17/h1-3,5-9,11,13H,4,10,12H2. The zero-order valence-corrected chi connectivity index (χ0v) is 14.9. The van der Waals surface area contributed by atoms with E-state index in [-0.39, 0.29) is 5.75 Å². The van der Waals surface area contributed by atoms with Crippen LogP contribution in [0, 0.1) is 0 Å². The van der Waals surface area contributed by atoms with Gasteiger partial charge in [0.2, 0.25) is 0 Å². The second-order valence-electron chi connectivity index (χ2n) is 5.97. The lowest BCUT2D eigenvalue weighted by molar-refractivity contribution is -0.134. The Labute approximate surface area is 154 Å². The van der Waals surface area contributed by atoms with Crippen molar-refractivity contribution < 1.29 is 25.8 Å². The van der Waals surface area contributed by atoms with Crippen LogP contribution in [0.15, 0.2) is 60.8 Å². The fourth-order valence-corrected chi connectivity index (χ4v) is 3.67. The van der Waals surface area contributed by atoms with Crippen molar-refractivity contribution in [2.45, 2.75) is 19.0 Å². The molecule has 8 heteroatoms. The number of alkyl halides is 3. The number of fused-ring (bicyclic) bond motifs is 1. The van der Waals surface area contributed by atoms with E-state index in [0.29, 0.717) is 5.56 Å². The number of hydrogen-bond acceptors (Lipinski definition) is 4. The molecule has 0 bridgehead atoms. The van der Waals surface area contributed by atoms with Gasteiger partial charge in [-0.15, -0.1) is 0 Å². The molecule has 0 atom stereocenters. The molecule has 2 aromatic carbocycles. The van der Waals surface area contributed by atoms with Crippen molar-refractivity contribution in [2.75, 3.05) is 5.75 Å². The van der Waals surface area contributed by atoms with E-state index in [1.54, 1.807) is 18.3 Å². The highest BCUT2D eigenvalue weighted by Gasteiger charge is 2.27. The van der Waals surface area contributed by atoms with Gasteiger partial charge >= 0.3 is 16.3 Å². The van der Waals surface area contributed by atoms with Crippen molar-refractivity contribution in [3.63, 3.8) is 0 Å². The van der Waals surface area contributed by atoms with Crippen LogP contribution in [-0.4, -0.2) is 25.3 Å². The number of nitrogens with zero attached hydrogens (tertiary/aromatic N) is 1. The molecule has 3 rings (SSSR count). The molecule has 0 aliphatic carbocycles. The minimum absolute atomic E-state index is 0.0486. The molecule has 142 valence electrons. The molecular weight excluding hydrogens is 379 g/mol. The summed E-state index contributed by atoms with van der Waals surface area (Å²) in [4.78, 5) is 4.36. The summed E-state index contributed by atoms with van der Waals surface area (Å²) >= 11 is 0. The van der Waals surface area contributed by atoms with Crippen LogP contribution < -0.4 is 4.18 Å². The van der Waals surface area contributed by atoms with Gasteiger partial charge in [0.25, 0.3) is 0 Å². The van der Waals surface area contributed by atoms with Crippen molar-refractivity contribution in [1.29, 1.82) is 0 Å². The fourth-order valence-electron chi connectivity index (χ4n) is 2.69. The maximum absolute atomic E-state index is 12.2. The van der Waals surface area contributed by atoms with Gasteiger partial charge in [-0.25, -0.2) is 0 Å². The lowest BCUT2D eigenvalue weighted by Crippen LogP contribution is -2.16. The van der Waals surface area contributed by atoms with Gasteiger partial charge in [-0.1, -0.05) is 36.4 Å². The van der Waals surface area contributed by atoms with Crippen molar-refractivity contribution >= 4 is 21.0 Å². The zero-order chi connectivity index (χ0) is 19.5.